The van der Waals surface area contributed by atoms with Gasteiger partial charge in [0.25, 0.3) is 0 Å². The minimum atomic E-state index is 0. The maximum absolute atomic E-state index is 4.54. The van der Waals surface area contributed by atoms with Crippen LogP contribution in [0.3, 0.4) is 0 Å². The third-order valence-corrected chi connectivity index (χ3v) is 4.07. The number of aryl methyl sites for hydroxylation is 1. The van der Waals surface area contributed by atoms with Gasteiger partial charge >= 0.3 is 0 Å². The number of halogens is 1. The number of hydrogen-bond donors (Lipinski definition) is 1. The molecule has 1 aromatic rings. The molecule has 5 heteroatoms. The summed E-state index contributed by atoms with van der Waals surface area (Å²) in [5, 5.41) is 6.70. The molecule has 1 unspecified atom stereocenters. The fourth-order valence-corrected chi connectivity index (χ4v) is 3.23. The van der Waals surface area contributed by atoms with Crippen molar-refractivity contribution in [2.45, 2.75) is 26.3 Å². The smallest absolute Gasteiger partial charge is 0.107 e. The van der Waals surface area contributed by atoms with E-state index in [1.165, 1.54) is 30.9 Å². The molecule has 17 heavy (non-hydrogen) atoms. The van der Waals surface area contributed by atoms with Crippen LogP contribution in [-0.2, 0) is 6.54 Å². The predicted molar refractivity (Wildman–Crippen MR) is 76.0 cm³/mol. The fraction of sp³-hybridized carbons (Fsp3) is 0.750. The second-order valence-corrected chi connectivity index (χ2v) is 5.63. The van der Waals surface area contributed by atoms with Gasteiger partial charge in [0.1, 0.15) is 5.01 Å². The van der Waals surface area contributed by atoms with Crippen LogP contribution in [0.15, 0.2) is 5.38 Å². The number of thiazole rings is 1. The van der Waals surface area contributed by atoms with Crippen LogP contribution in [0, 0.1) is 12.8 Å². The lowest BCUT2D eigenvalue weighted by Crippen LogP contribution is -2.38. The summed E-state index contributed by atoms with van der Waals surface area (Å²) in [6, 6.07) is 0. The zero-order valence-electron chi connectivity index (χ0n) is 10.6. The Morgan fingerprint density at radius 2 is 2.41 bits per heavy atom. The molecule has 1 aromatic heterocycles. The van der Waals surface area contributed by atoms with Crippen molar-refractivity contribution < 1.29 is 0 Å². The standard InChI is InChI=1S/C12H21N3S.ClH/c1-10-9-16-12(14-10)8-15-5-3-4-11(7-15)6-13-2;/h9,11,13H,3-8H2,1-2H3;1H. The van der Waals surface area contributed by atoms with E-state index in [1.54, 1.807) is 11.3 Å². The first kappa shape index (κ1) is 14.9. The van der Waals surface area contributed by atoms with Crippen molar-refractivity contribution in [3.63, 3.8) is 0 Å². The van der Waals surface area contributed by atoms with Crippen LogP contribution in [0.25, 0.3) is 0 Å². The van der Waals surface area contributed by atoms with Gasteiger partial charge in [0.2, 0.25) is 0 Å². The monoisotopic (exact) mass is 275 g/mol. The highest BCUT2D eigenvalue weighted by Crippen LogP contribution is 2.19. The van der Waals surface area contributed by atoms with Gasteiger partial charge in [0, 0.05) is 17.6 Å². The highest BCUT2D eigenvalue weighted by Gasteiger charge is 2.19. The Bertz CT molecular complexity index is 327. The molecule has 1 aliphatic rings. The molecule has 0 radical (unpaired) electrons. The maximum Gasteiger partial charge on any atom is 0.107 e. The summed E-state index contributed by atoms with van der Waals surface area (Å²) in [6.07, 6.45) is 2.70. The molecule has 1 N–H and O–H groups in total. The van der Waals surface area contributed by atoms with Crippen LogP contribution in [-0.4, -0.2) is 36.6 Å². The van der Waals surface area contributed by atoms with Gasteiger partial charge in [-0.2, -0.15) is 0 Å². The molecule has 2 rings (SSSR count). The summed E-state index contributed by atoms with van der Waals surface area (Å²) < 4.78 is 0. The second kappa shape index (κ2) is 7.31. The Kier molecular flexibility index (Phi) is 6.41. The van der Waals surface area contributed by atoms with E-state index < -0.39 is 0 Å². The molecule has 0 spiro atoms. The zero-order valence-corrected chi connectivity index (χ0v) is 12.2. The van der Waals surface area contributed by atoms with Crippen molar-refractivity contribution in [1.82, 2.24) is 15.2 Å². The van der Waals surface area contributed by atoms with Crippen molar-refractivity contribution in [1.29, 1.82) is 0 Å². The van der Waals surface area contributed by atoms with Crippen LogP contribution in [0.4, 0.5) is 0 Å². The van der Waals surface area contributed by atoms with E-state index in [2.05, 4.69) is 27.5 Å². The Labute approximate surface area is 114 Å². The lowest BCUT2D eigenvalue weighted by atomic mass is 9.98. The topological polar surface area (TPSA) is 28.2 Å². The molecule has 0 bridgehead atoms. The number of hydrogen-bond acceptors (Lipinski definition) is 4. The molecule has 1 fully saturated rings. The maximum atomic E-state index is 4.54. The molecule has 1 atom stereocenters. The van der Waals surface area contributed by atoms with Crippen LogP contribution < -0.4 is 5.32 Å². The number of aromatic nitrogens is 1. The van der Waals surface area contributed by atoms with Crippen LogP contribution >= 0.6 is 23.7 Å². The summed E-state index contributed by atoms with van der Waals surface area (Å²) in [6.45, 7) is 6.71. The first-order valence-corrected chi connectivity index (χ1v) is 6.94. The Hall–Kier alpha value is -0.160. The predicted octanol–water partition coefficient (Wildman–Crippen LogP) is 2.30. The van der Waals surface area contributed by atoms with Gasteiger partial charge in [-0.15, -0.1) is 23.7 Å². The zero-order chi connectivity index (χ0) is 11.4. The van der Waals surface area contributed by atoms with Gasteiger partial charge in [-0.25, -0.2) is 4.98 Å². The number of piperidine rings is 1. The van der Waals surface area contributed by atoms with Crippen molar-refractivity contribution in [2.75, 3.05) is 26.7 Å². The summed E-state index contributed by atoms with van der Waals surface area (Å²) in [5.41, 5.74) is 1.16. The SMILES string of the molecule is CNCC1CCCN(Cc2nc(C)cs2)C1.Cl. The van der Waals surface area contributed by atoms with Gasteiger partial charge in [0.15, 0.2) is 0 Å². The van der Waals surface area contributed by atoms with E-state index in [1.807, 2.05) is 7.05 Å². The average Bonchev–Trinajstić information content (AvgIpc) is 2.65. The molecule has 0 aliphatic carbocycles. The molecule has 1 aliphatic heterocycles. The summed E-state index contributed by atoms with van der Waals surface area (Å²) in [4.78, 5) is 7.08. The highest BCUT2D eigenvalue weighted by atomic mass is 35.5. The number of likely N-dealkylation sites (tertiary alicyclic amines) is 1. The molecule has 0 aromatic carbocycles. The first-order chi connectivity index (χ1) is 7.78. The molecule has 2 heterocycles. The van der Waals surface area contributed by atoms with Crippen LogP contribution in [0.1, 0.15) is 23.5 Å². The quantitative estimate of drug-likeness (QED) is 0.914. The van der Waals surface area contributed by atoms with Gasteiger partial charge in [-0.3, -0.25) is 4.90 Å². The van der Waals surface area contributed by atoms with E-state index >= 15 is 0 Å². The lowest BCUT2D eigenvalue weighted by Gasteiger charge is -2.31. The largest absolute Gasteiger partial charge is 0.319 e. The third kappa shape index (κ3) is 4.54. The normalized spacial score (nSPS) is 21.2. The average molecular weight is 276 g/mol. The number of nitrogens with zero attached hydrogens (tertiary/aromatic N) is 2. The van der Waals surface area contributed by atoms with Gasteiger partial charge < -0.3 is 5.32 Å². The van der Waals surface area contributed by atoms with Crippen molar-refractivity contribution in [3.8, 4) is 0 Å². The molecule has 0 saturated carbocycles. The van der Waals surface area contributed by atoms with E-state index in [-0.39, 0.29) is 12.4 Å². The third-order valence-electron chi connectivity index (χ3n) is 3.12. The molecular weight excluding hydrogens is 254 g/mol. The summed E-state index contributed by atoms with van der Waals surface area (Å²) >= 11 is 1.79. The minimum Gasteiger partial charge on any atom is -0.319 e. The van der Waals surface area contributed by atoms with Gasteiger partial charge in [-0.1, -0.05) is 0 Å². The van der Waals surface area contributed by atoms with E-state index in [9.17, 15) is 0 Å². The molecule has 98 valence electrons. The van der Waals surface area contributed by atoms with Gasteiger partial charge in [0.05, 0.1) is 6.54 Å². The lowest BCUT2D eigenvalue weighted by molar-refractivity contribution is 0.166. The van der Waals surface area contributed by atoms with Crippen LogP contribution in [0.5, 0.6) is 0 Å². The van der Waals surface area contributed by atoms with E-state index in [0.717, 1.165) is 24.7 Å². The molecular formula is C12H22ClN3S. The van der Waals surface area contributed by atoms with Crippen molar-refractivity contribution in [2.24, 2.45) is 5.92 Å². The minimum absolute atomic E-state index is 0. The fourth-order valence-electron chi connectivity index (χ4n) is 2.42. The molecule has 3 nitrogen and oxygen atoms in total. The Morgan fingerprint density at radius 3 is 3.06 bits per heavy atom. The van der Waals surface area contributed by atoms with Gasteiger partial charge in [-0.05, 0) is 45.8 Å². The van der Waals surface area contributed by atoms with Crippen LogP contribution in [0.2, 0.25) is 0 Å². The second-order valence-electron chi connectivity index (χ2n) is 4.68. The summed E-state index contributed by atoms with van der Waals surface area (Å²) in [7, 11) is 2.04. The van der Waals surface area contributed by atoms with E-state index in [4.69, 9.17) is 0 Å². The highest BCUT2D eigenvalue weighted by molar-refractivity contribution is 7.09. The summed E-state index contributed by atoms with van der Waals surface area (Å²) in [5.74, 6) is 0.819. The Morgan fingerprint density at radius 1 is 1.59 bits per heavy atom. The molecule has 1 saturated heterocycles. The van der Waals surface area contributed by atoms with Crippen molar-refractivity contribution >= 4 is 23.7 Å². The first-order valence-electron chi connectivity index (χ1n) is 6.06. The molecule has 0 amide bonds. The van der Waals surface area contributed by atoms with Crippen molar-refractivity contribution in [3.05, 3.63) is 16.1 Å². The number of nitrogens with one attached hydrogen (secondary N) is 1. The number of rotatable bonds is 4. The Balaban J connectivity index is 0.00000144. The van der Waals surface area contributed by atoms with E-state index in [0.29, 0.717) is 0 Å².